The Bertz CT molecular complexity index is 1100. The number of nitrogens with two attached hydrogens (primary N) is 1. The number of nitrogens with zero attached hydrogens (tertiary/aromatic N) is 4. The average molecular weight is 490 g/mol. The van der Waals surface area contributed by atoms with Crippen molar-refractivity contribution in [2.24, 2.45) is 17.8 Å². The van der Waals surface area contributed by atoms with Crippen molar-refractivity contribution >= 4 is 42.4 Å². The standard InChI is InChI=1S/C24H27N5O2.2ClH/c1-17(19-9-6-10-20(15-19)23(30)18-7-4-3-5-8-18)21-16-22(28(2)27-21)26-24(25)29-11-13-31-14-12-29;;/h3-10,15-17H,11-14H2,1-2H3,(H2,25,26);2*1H. The number of aliphatic imine (C=N–C) groups is 1. The number of carbonyl (C=O) groups is 1. The molecule has 176 valence electrons. The van der Waals surface area contributed by atoms with Crippen molar-refractivity contribution in [3.05, 3.63) is 83.0 Å². The molecule has 0 radical (unpaired) electrons. The molecule has 1 aliphatic heterocycles. The fourth-order valence-corrected chi connectivity index (χ4v) is 3.65. The minimum Gasteiger partial charge on any atom is -0.378 e. The quantitative estimate of drug-likeness (QED) is 0.333. The van der Waals surface area contributed by atoms with Crippen molar-refractivity contribution in [3.8, 4) is 0 Å². The van der Waals surface area contributed by atoms with Gasteiger partial charge in [-0.1, -0.05) is 55.5 Å². The van der Waals surface area contributed by atoms with Crippen molar-refractivity contribution in [1.29, 1.82) is 0 Å². The SMILES string of the molecule is CC(c1cccc(C(=O)c2ccccc2)c1)c1cc(N=C(N)N2CCOCC2)n(C)n1.Cl.Cl. The second kappa shape index (κ2) is 11.8. The molecule has 2 N–H and O–H groups in total. The molecule has 0 saturated carbocycles. The van der Waals surface area contributed by atoms with Gasteiger partial charge in [-0.25, -0.2) is 0 Å². The first-order chi connectivity index (χ1) is 15.0. The highest BCUT2D eigenvalue weighted by Crippen LogP contribution is 2.27. The summed E-state index contributed by atoms with van der Waals surface area (Å²) in [6.45, 7) is 4.86. The largest absolute Gasteiger partial charge is 0.378 e. The van der Waals surface area contributed by atoms with E-state index in [-0.39, 0.29) is 36.5 Å². The van der Waals surface area contributed by atoms with Gasteiger partial charge in [0.15, 0.2) is 17.6 Å². The molecule has 0 spiro atoms. The molecule has 1 aromatic heterocycles. The third-order valence-corrected chi connectivity index (χ3v) is 5.57. The first kappa shape index (κ1) is 26.4. The molecule has 2 aromatic carbocycles. The summed E-state index contributed by atoms with van der Waals surface area (Å²) >= 11 is 0. The molecule has 9 heteroatoms. The number of morpholine rings is 1. The van der Waals surface area contributed by atoms with E-state index < -0.39 is 0 Å². The van der Waals surface area contributed by atoms with Gasteiger partial charge in [-0.05, 0) is 11.6 Å². The summed E-state index contributed by atoms with van der Waals surface area (Å²) < 4.78 is 7.10. The minimum atomic E-state index is 0. The Kier molecular flexibility index (Phi) is 9.46. The topological polar surface area (TPSA) is 85.7 Å². The lowest BCUT2D eigenvalue weighted by Gasteiger charge is -2.27. The number of hydrogen-bond acceptors (Lipinski definition) is 4. The average Bonchev–Trinajstić information content (AvgIpc) is 3.19. The number of benzene rings is 2. The number of carbonyl (C=O) groups excluding carboxylic acids is 1. The van der Waals surface area contributed by atoms with Gasteiger partial charge in [0, 0.05) is 43.2 Å². The fraction of sp³-hybridized carbons (Fsp3) is 0.292. The predicted octanol–water partition coefficient (Wildman–Crippen LogP) is 3.92. The lowest BCUT2D eigenvalue weighted by Crippen LogP contribution is -2.44. The maximum atomic E-state index is 12.8. The summed E-state index contributed by atoms with van der Waals surface area (Å²) in [6, 6.07) is 19.0. The zero-order chi connectivity index (χ0) is 21.8. The lowest BCUT2D eigenvalue weighted by molar-refractivity contribution is 0.0675. The highest BCUT2D eigenvalue weighted by Gasteiger charge is 2.18. The van der Waals surface area contributed by atoms with Crippen LogP contribution < -0.4 is 5.73 Å². The van der Waals surface area contributed by atoms with Crippen LogP contribution in [0.5, 0.6) is 0 Å². The van der Waals surface area contributed by atoms with E-state index in [2.05, 4.69) is 17.0 Å². The molecule has 1 aliphatic rings. The van der Waals surface area contributed by atoms with Gasteiger partial charge in [0.1, 0.15) is 0 Å². The lowest BCUT2D eigenvalue weighted by atomic mass is 9.94. The first-order valence-electron chi connectivity index (χ1n) is 10.4. The summed E-state index contributed by atoms with van der Waals surface area (Å²) in [5.74, 6) is 1.19. The maximum absolute atomic E-state index is 12.8. The molecule has 4 rings (SSSR count). The van der Waals surface area contributed by atoms with E-state index in [1.165, 1.54) is 0 Å². The van der Waals surface area contributed by atoms with Crippen LogP contribution in [0.25, 0.3) is 0 Å². The van der Waals surface area contributed by atoms with Crippen LogP contribution in [-0.4, -0.2) is 52.7 Å². The molecule has 2 heterocycles. The van der Waals surface area contributed by atoms with Gasteiger partial charge < -0.3 is 15.4 Å². The Balaban J connectivity index is 0.00000193. The van der Waals surface area contributed by atoms with Crippen LogP contribution in [0.3, 0.4) is 0 Å². The van der Waals surface area contributed by atoms with Crippen molar-refractivity contribution in [2.45, 2.75) is 12.8 Å². The first-order valence-corrected chi connectivity index (χ1v) is 10.4. The van der Waals surface area contributed by atoms with Gasteiger partial charge in [-0.15, -0.1) is 24.8 Å². The molecular weight excluding hydrogens is 461 g/mol. The van der Waals surface area contributed by atoms with E-state index >= 15 is 0 Å². The van der Waals surface area contributed by atoms with E-state index in [1.807, 2.05) is 72.6 Å². The number of halogens is 2. The van der Waals surface area contributed by atoms with Crippen LogP contribution in [0.4, 0.5) is 5.82 Å². The number of guanidine groups is 1. The van der Waals surface area contributed by atoms with Gasteiger partial charge in [-0.2, -0.15) is 10.1 Å². The van der Waals surface area contributed by atoms with E-state index in [0.29, 0.717) is 36.1 Å². The summed E-state index contributed by atoms with van der Waals surface area (Å²) in [5, 5.41) is 4.64. The third-order valence-electron chi connectivity index (χ3n) is 5.57. The van der Waals surface area contributed by atoms with Crippen LogP contribution in [0.15, 0.2) is 65.7 Å². The predicted molar refractivity (Wildman–Crippen MR) is 135 cm³/mol. The normalized spacial score (nSPS) is 14.7. The molecule has 1 fully saturated rings. The molecule has 0 amide bonds. The van der Waals surface area contributed by atoms with Gasteiger partial charge in [0.2, 0.25) is 0 Å². The summed E-state index contributed by atoms with van der Waals surface area (Å²) in [7, 11) is 1.86. The Morgan fingerprint density at radius 1 is 1.03 bits per heavy atom. The number of hydrogen-bond donors (Lipinski definition) is 1. The monoisotopic (exact) mass is 489 g/mol. The molecule has 33 heavy (non-hydrogen) atoms. The number of aryl methyl sites for hydroxylation is 1. The Labute approximate surface area is 206 Å². The zero-order valence-electron chi connectivity index (χ0n) is 18.7. The van der Waals surface area contributed by atoms with Crippen molar-refractivity contribution < 1.29 is 9.53 Å². The summed E-state index contributed by atoms with van der Waals surface area (Å²) in [6.07, 6.45) is 0. The zero-order valence-corrected chi connectivity index (χ0v) is 20.3. The Morgan fingerprint density at radius 2 is 1.70 bits per heavy atom. The second-order valence-electron chi connectivity index (χ2n) is 7.66. The molecular formula is C24H29Cl2N5O2. The van der Waals surface area contributed by atoms with Gasteiger partial charge >= 0.3 is 0 Å². The van der Waals surface area contributed by atoms with Gasteiger partial charge in [0.05, 0.1) is 18.9 Å². The molecule has 1 unspecified atom stereocenters. The van der Waals surface area contributed by atoms with Crippen molar-refractivity contribution in [2.75, 3.05) is 26.3 Å². The number of ether oxygens (including phenoxy) is 1. The molecule has 3 aromatic rings. The molecule has 1 atom stereocenters. The van der Waals surface area contributed by atoms with E-state index in [4.69, 9.17) is 10.5 Å². The van der Waals surface area contributed by atoms with Crippen LogP contribution in [0.2, 0.25) is 0 Å². The smallest absolute Gasteiger partial charge is 0.198 e. The van der Waals surface area contributed by atoms with Crippen LogP contribution in [0, 0.1) is 0 Å². The minimum absolute atomic E-state index is 0. The van der Waals surface area contributed by atoms with Crippen LogP contribution in [-0.2, 0) is 11.8 Å². The third kappa shape index (κ3) is 6.13. The van der Waals surface area contributed by atoms with Crippen LogP contribution in [0.1, 0.15) is 40.0 Å². The highest BCUT2D eigenvalue weighted by atomic mass is 35.5. The van der Waals surface area contributed by atoms with Gasteiger partial charge in [0.25, 0.3) is 0 Å². The summed E-state index contributed by atoms with van der Waals surface area (Å²) in [5.41, 5.74) is 9.44. The number of aromatic nitrogens is 2. The highest BCUT2D eigenvalue weighted by molar-refractivity contribution is 6.09. The van der Waals surface area contributed by atoms with Crippen LogP contribution >= 0.6 is 24.8 Å². The summed E-state index contributed by atoms with van der Waals surface area (Å²) in [4.78, 5) is 19.4. The molecule has 7 nitrogen and oxygen atoms in total. The Hall–Kier alpha value is -2.87. The fourth-order valence-electron chi connectivity index (χ4n) is 3.65. The second-order valence-corrected chi connectivity index (χ2v) is 7.66. The van der Waals surface area contributed by atoms with Gasteiger partial charge in [-0.3, -0.25) is 9.48 Å². The van der Waals surface area contributed by atoms with E-state index in [9.17, 15) is 4.79 Å². The number of rotatable bonds is 5. The van der Waals surface area contributed by atoms with Crippen molar-refractivity contribution in [1.82, 2.24) is 14.7 Å². The van der Waals surface area contributed by atoms with E-state index in [1.54, 1.807) is 4.68 Å². The van der Waals surface area contributed by atoms with E-state index in [0.717, 1.165) is 24.3 Å². The maximum Gasteiger partial charge on any atom is 0.198 e. The molecule has 1 saturated heterocycles. The number of ketones is 1. The van der Waals surface area contributed by atoms with Crippen molar-refractivity contribution in [3.63, 3.8) is 0 Å². The Morgan fingerprint density at radius 3 is 2.39 bits per heavy atom. The molecule has 0 bridgehead atoms. The molecule has 0 aliphatic carbocycles.